The van der Waals surface area contributed by atoms with E-state index in [1.165, 1.54) is 17.5 Å². The number of benzene rings is 1. The van der Waals surface area contributed by atoms with Gasteiger partial charge in [0.2, 0.25) is 0 Å². The minimum atomic E-state index is -0.454. The molecule has 0 saturated heterocycles. The number of rotatable bonds is 2. The average molecular weight is 342 g/mol. The van der Waals surface area contributed by atoms with Gasteiger partial charge in [-0.15, -0.1) is 0 Å². The fourth-order valence-corrected chi connectivity index (χ4v) is 2.33. The van der Waals surface area contributed by atoms with E-state index < -0.39 is 6.03 Å². The highest BCUT2D eigenvalue weighted by atomic mass is 35.5. The third kappa shape index (κ3) is 4.62. The summed E-state index contributed by atoms with van der Waals surface area (Å²) >= 11 is 12.9. The molecule has 21 heavy (non-hydrogen) atoms. The maximum atomic E-state index is 11.8. The zero-order valence-electron chi connectivity index (χ0n) is 10.5. The Kier molecular flexibility index (Phi) is 5.42. The summed E-state index contributed by atoms with van der Waals surface area (Å²) in [7, 11) is 0. The van der Waals surface area contributed by atoms with Crippen LogP contribution in [0, 0.1) is 11.8 Å². The summed E-state index contributed by atoms with van der Waals surface area (Å²) in [5.74, 6) is 5.21. The number of hydrogen-bond donors (Lipinski definition) is 3. The fourth-order valence-electron chi connectivity index (χ4n) is 1.35. The highest BCUT2D eigenvalue weighted by Gasteiger charge is 2.07. The summed E-state index contributed by atoms with van der Waals surface area (Å²) in [5.41, 5.74) is 0.513. The van der Waals surface area contributed by atoms with Crippen LogP contribution in [0.2, 0.25) is 10.0 Å². The molecule has 2 rings (SSSR count). The van der Waals surface area contributed by atoms with E-state index >= 15 is 0 Å². The number of hydrogen-bond acceptors (Lipinski definition) is 4. The van der Waals surface area contributed by atoms with Crippen molar-refractivity contribution < 1.29 is 9.90 Å². The van der Waals surface area contributed by atoms with Crippen LogP contribution < -0.4 is 10.6 Å². The van der Waals surface area contributed by atoms with Crippen molar-refractivity contribution in [3.63, 3.8) is 0 Å². The second-order valence-electron chi connectivity index (χ2n) is 3.70. The van der Waals surface area contributed by atoms with Crippen LogP contribution in [0.15, 0.2) is 24.4 Å². The normalized spacial score (nSPS) is 9.67. The van der Waals surface area contributed by atoms with Crippen molar-refractivity contribution in [1.29, 1.82) is 0 Å². The number of nitrogens with one attached hydrogen (secondary N) is 2. The molecule has 1 aromatic heterocycles. The largest absolute Gasteiger partial charge is 0.384 e. The summed E-state index contributed by atoms with van der Waals surface area (Å²) in [4.78, 5) is 16.4. The molecule has 0 fully saturated rings. The molecule has 3 N–H and O–H groups in total. The molecule has 0 aliphatic carbocycles. The fraction of sp³-hybridized carbons (Fsp3) is 0.0769. The molecule has 5 nitrogen and oxygen atoms in total. The molecule has 1 heterocycles. The lowest BCUT2D eigenvalue weighted by Gasteiger charge is -2.06. The summed E-state index contributed by atoms with van der Waals surface area (Å²) in [6, 6.07) is 4.31. The van der Waals surface area contributed by atoms with Crippen LogP contribution in [0.25, 0.3) is 0 Å². The molecule has 108 valence electrons. The van der Waals surface area contributed by atoms with Gasteiger partial charge < -0.3 is 10.4 Å². The van der Waals surface area contributed by atoms with E-state index in [4.69, 9.17) is 28.3 Å². The summed E-state index contributed by atoms with van der Waals surface area (Å²) in [6.45, 7) is -0.224. The predicted molar refractivity (Wildman–Crippen MR) is 85.2 cm³/mol. The Balaban J connectivity index is 1.98. The van der Waals surface area contributed by atoms with Gasteiger partial charge in [-0.1, -0.05) is 46.4 Å². The molecule has 8 heteroatoms. The Labute approximate surface area is 134 Å². The van der Waals surface area contributed by atoms with E-state index in [0.717, 1.165) is 0 Å². The minimum absolute atomic E-state index is 0.224. The van der Waals surface area contributed by atoms with Gasteiger partial charge in [-0.25, -0.2) is 9.78 Å². The first-order chi connectivity index (χ1) is 10.1. The molecular formula is C13H9Cl2N3O2S. The number of thiazole rings is 1. The van der Waals surface area contributed by atoms with Crippen LogP contribution in [0.5, 0.6) is 0 Å². The third-order valence-corrected chi connectivity index (χ3v) is 3.76. The number of anilines is 2. The van der Waals surface area contributed by atoms with E-state index in [1.54, 1.807) is 18.2 Å². The second-order valence-corrected chi connectivity index (χ2v) is 5.54. The Morgan fingerprint density at radius 1 is 1.33 bits per heavy atom. The van der Waals surface area contributed by atoms with Gasteiger partial charge in [0.1, 0.15) is 6.61 Å². The molecule has 0 atom stereocenters. The van der Waals surface area contributed by atoms with Crippen molar-refractivity contribution in [3.05, 3.63) is 39.3 Å². The quantitative estimate of drug-likeness (QED) is 0.732. The first-order valence-electron chi connectivity index (χ1n) is 5.67. The second kappa shape index (κ2) is 7.29. The third-order valence-electron chi connectivity index (χ3n) is 2.19. The summed E-state index contributed by atoms with van der Waals surface area (Å²) < 4.78 is 0. The molecule has 0 radical (unpaired) electrons. The molecule has 0 aliphatic rings. The maximum absolute atomic E-state index is 11.8. The molecule has 0 aliphatic heterocycles. The van der Waals surface area contributed by atoms with Crippen molar-refractivity contribution in [1.82, 2.24) is 4.98 Å². The van der Waals surface area contributed by atoms with Gasteiger partial charge in [-0.2, -0.15) is 0 Å². The molecule has 0 saturated carbocycles. The number of aliphatic hydroxyl groups excluding tert-OH is 1. The van der Waals surface area contributed by atoms with E-state index in [2.05, 4.69) is 27.5 Å². The Bertz CT molecular complexity index is 722. The topological polar surface area (TPSA) is 74.2 Å². The lowest BCUT2D eigenvalue weighted by molar-refractivity contribution is 0.262. The van der Waals surface area contributed by atoms with E-state index in [9.17, 15) is 4.79 Å². The number of carbonyl (C=O) groups excluding carboxylic acids is 1. The minimum Gasteiger partial charge on any atom is -0.384 e. The molecule has 1 aromatic carbocycles. The molecular weight excluding hydrogens is 333 g/mol. The number of aromatic nitrogens is 1. The van der Waals surface area contributed by atoms with E-state index in [1.807, 2.05) is 0 Å². The van der Waals surface area contributed by atoms with Gasteiger partial charge in [0.05, 0.1) is 21.1 Å². The molecule has 2 aromatic rings. The van der Waals surface area contributed by atoms with Crippen molar-refractivity contribution in [2.75, 3.05) is 17.2 Å². The highest BCUT2D eigenvalue weighted by Crippen LogP contribution is 2.25. The Morgan fingerprint density at radius 2 is 2.14 bits per heavy atom. The number of carbonyl (C=O) groups is 1. The van der Waals surface area contributed by atoms with Crippen molar-refractivity contribution >= 4 is 51.4 Å². The smallest absolute Gasteiger partial charge is 0.325 e. The maximum Gasteiger partial charge on any atom is 0.325 e. The van der Waals surface area contributed by atoms with Crippen molar-refractivity contribution in [2.45, 2.75) is 0 Å². The van der Waals surface area contributed by atoms with Gasteiger partial charge in [-0.05, 0) is 18.2 Å². The van der Waals surface area contributed by atoms with Crippen LogP contribution >= 0.6 is 34.5 Å². The number of aliphatic hydroxyl groups is 1. The summed E-state index contributed by atoms with van der Waals surface area (Å²) in [5, 5.41) is 14.9. The number of nitrogens with zero attached hydrogens (tertiary/aromatic N) is 1. The first-order valence-corrected chi connectivity index (χ1v) is 7.24. The zero-order valence-corrected chi connectivity index (χ0v) is 12.8. The van der Waals surface area contributed by atoms with Crippen LogP contribution in [0.1, 0.15) is 4.88 Å². The van der Waals surface area contributed by atoms with Crippen LogP contribution in [-0.2, 0) is 0 Å². The molecule has 0 bridgehead atoms. The number of urea groups is 1. The van der Waals surface area contributed by atoms with Crippen molar-refractivity contribution in [3.8, 4) is 11.8 Å². The van der Waals surface area contributed by atoms with Gasteiger partial charge in [0.25, 0.3) is 0 Å². The Hall–Kier alpha value is -1.78. The van der Waals surface area contributed by atoms with Crippen LogP contribution in [0.4, 0.5) is 15.6 Å². The highest BCUT2D eigenvalue weighted by molar-refractivity contribution is 7.16. The standard InChI is InChI=1S/C13H9Cl2N3O2S/c14-10-4-3-8(6-11(10)15)17-12(20)18-13-16-7-9(21-13)2-1-5-19/h3-4,6-7,19H,5H2,(H2,16,17,18,20). The number of amides is 2. The zero-order chi connectivity index (χ0) is 15.2. The van der Waals surface area contributed by atoms with Gasteiger partial charge in [-0.3, -0.25) is 5.32 Å². The SMILES string of the molecule is O=C(Nc1ccc(Cl)c(Cl)c1)Nc1ncc(C#CCO)s1. The predicted octanol–water partition coefficient (Wildman–Crippen LogP) is 3.44. The van der Waals surface area contributed by atoms with Gasteiger partial charge in [0.15, 0.2) is 5.13 Å². The summed E-state index contributed by atoms with van der Waals surface area (Å²) in [6.07, 6.45) is 1.52. The molecule has 0 spiro atoms. The molecule has 2 amide bonds. The molecule has 0 unspecified atom stereocenters. The first kappa shape index (κ1) is 15.6. The van der Waals surface area contributed by atoms with Crippen molar-refractivity contribution in [2.24, 2.45) is 0 Å². The number of halogens is 2. The van der Waals surface area contributed by atoms with E-state index in [0.29, 0.717) is 25.7 Å². The van der Waals surface area contributed by atoms with E-state index in [-0.39, 0.29) is 6.61 Å². The monoisotopic (exact) mass is 341 g/mol. The average Bonchev–Trinajstić information content (AvgIpc) is 2.88. The van der Waals surface area contributed by atoms with Gasteiger partial charge >= 0.3 is 6.03 Å². The lowest BCUT2D eigenvalue weighted by Crippen LogP contribution is -2.19. The lowest BCUT2D eigenvalue weighted by atomic mass is 10.3. The Morgan fingerprint density at radius 3 is 2.86 bits per heavy atom. The van der Waals surface area contributed by atoms with Crippen LogP contribution in [0.3, 0.4) is 0 Å². The van der Waals surface area contributed by atoms with Gasteiger partial charge in [0, 0.05) is 5.69 Å². The van der Waals surface area contributed by atoms with Crippen LogP contribution in [-0.4, -0.2) is 22.7 Å².